The van der Waals surface area contributed by atoms with Gasteiger partial charge >= 0.3 is 0 Å². The largest absolute Gasteiger partial charge is 0.368 e. The summed E-state index contributed by atoms with van der Waals surface area (Å²) in [4.78, 5) is 2.01. The number of nitrogens with two attached hydrogens (primary N) is 2. The highest BCUT2D eigenvalue weighted by atomic mass is 33.1. The number of hydrazone groups is 1. The lowest BCUT2D eigenvalue weighted by atomic mass is 10.5. The highest BCUT2D eigenvalue weighted by Crippen LogP contribution is 2.23. The lowest BCUT2D eigenvalue weighted by Crippen LogP contribution is -2.40. The van der Waals surface area contributed by atoms with Crippen LogP contribution in [0.2, 0.25) is 0 Å². The van der Waals surface area contributed by atoms with Crippen molar-refractivity contribution in [3.05, 3.63) is 0 Å². The Labute approximate surface area is 74.1 Å². The Morgan fingerprint density at radius 3 is 2.27 bits per heavy atom. The molecule has 0 aromatic rings. The Kier molecular flexibility index (Phi) is 3.71. The fourth-order valence-electron chi connectivity index (χ4n) is 0.835. The summed E-state index contributed by atoms with van der Waals surface area (Å²) in [6.45, 7) is 1.90. The van der Waals surface area contributed by atoms with Gasteiger partial charge < -0.3 is 16.5 Å². The van der Waals surface area contributed by atoms with E-state index in [1.807, 2.05) is 26.5 Å². The molecule has 4 nitrogen and oxygen atoms in total. The first-order valence-corrected chi connectivity index (χ1v) is 5.86. The summed E-state index contributed by atoms with van der Waals surface area (Å²) in [6, 6.07) is 0. The van der Waals surface area contributed by atoms with E-state index in [1.54, 1.807) is 0 Å². The van der Waals surface area contributed by atoms with Crippen molar-refractivity contribution in [1.82, 2.24) is 4.90 Å². The van der Waals surface area contributed by atoms with Gasteiger partial charge in [0.05, 0.1) is 0 Å². The van der Waals surface area contributed by atoms with E-state index in [9.17, 15) is 0 Å². The molecule has 64 valence electrons. The summed E-state index contributed by atoms with van der Waals surface area (Å²) in [7, 11) is 3.74. The van der Waals surface area contributed by atoms with Gasteiger partial charge in [0, 0.05) is 24.6 Å². The minimum absolute atomic E-state index is 0.452. The van der Waals surface area contributed by atoms with E-state index in [0.717, 1.165) is 24.6 Å². The Bertz CT molecular complexity index is 141. The van der Waals surface area contributed by atoms with Crippen LogP contribution in [0.4, 0.5) is 0 Å². The van der Waals surface area contributed by atoms with Gasteiger partial charge in [0.15, 0.2) is 0 Å². The Morgan fingerprint density at radius 2 is 1.82 bits per heavy atom. The molecular formula is C5H12N4S2. The summed E-state index contributed by atoms with van der Waals surface area (Å²) < 4.78 is 0. The second kappa shape index (κ2) is 4.61. The van der Waals surface area contributed by atoms with Crippen LogP contribution < -0.4 is 11.6 Å². The molecule has 1 rings (SSSR count). The molecule has 0 aromatic carbocycles. The molecule has 0 spiro atoms. The van der Waals surface area contributed by atoms with Gasteiger partial charge in [-0.15, -0.1) is 5.10 Å². The van der Waals surface area contributed by atoms with E-state index in [1.165, 1.54) is 0 Å². The number of guanidine groups is 1. The van der Waals surface area contributed by atoms with Crippen molar-refractivity contribution in [1.29, 1.82) is 0 Å². The van der Waals surface area contributed by atoms with Gasteiger partial charge in [-0.1, -0.05) is 21.6 Å². The standard InChI is InChI=1S/C5H12N4S2/c6-5(8-7)9-1-3-10-11-4-2-9/h1-4,7H2,(H2,6,8). The van der Waals surface area contributed by atoms with E-state index < -0.39 is 0 Å². The molecule has 6 heteroatoms. The molecule has 1 aliphatic rings. The van der Waals surface area contributed by atoms with E-state index in [0.29, 0.717) is 5.96 Å². The Hall–Kier alpha value is -0.230. The first-order chi connectivity index (χ1) is 5.34. The topological polar surface area (TPSA) is 67.6 Å². The second-order valence-corrected chi connectivity index (χ2v) is 4.82. The Morgan fingerprint density at radius 1 is 1.27 bits per heavy atom. The SMILES string of the molecule is N/N=C(\N)N1CCSSCC1. The maximum Gasteiger partial charge on any atom is 0.213 e. The average Bonchev–Trinajstić information content (AvgIpc) is 2.30. The summed E-state index contributed by atoms with van der Waals surface area (Å²) in [5.74, 6) is 7.68. The third-order valence-corrected chi connectivity index (χ3v) is 3.79. The lowest BCUT2D eigenvalue weighted by Gasteiger charge is -2.18. The third-order valence-electron chi connectivity index (χ3n) is 1.43. The van der Waals surface area contributed by atoms with Crippen LogP contribution in [0, 0.1) is 0 Å². The molecule has 0 atom stereocenters. The van der Waals surface area contributed by atoms with E-state index in [-0.39, 0.29) is 0 Å². The highest BCUT2D eigenvalue weighted by Gasteiger charge is 2.10. The van der Waals surface area contributed by atoms with Crippen LogP contribution in [0.15, 0.2) is 5.10 Å². The molecule has 0 amide bonds. The van der Waals surface area contributed by atoms with E-state index in [2.05, 4.69) is 5.10 Å². The maximum atomic E-state index is 5.55. The molecule has 0 bridgehead atoms. The van der Waals surface area contributed by atoms with Crippen molar-refractivity contribution >= 4 is 27.5 Å². The minimum atomic E-state index is 0.452. The minimum Gasteiger partial charge on any atom is -0.368 e. The number of rotatable bonds is 0. The van der Waals surface area contributed by atoms with Crippen molar-refractivity contribution in [2.24, 2.45) is 16.7 Å². The number of nitrogens with zero attached hydrogens (tertiary/aromatic N) is 2. The molecule has 0 aliphatic carbocycles. The summed E-state index contributed by atoms with van der Waals surface area (Å²) >= 11 is 0. The molecule has 1 heterocycles. The van der Waals surface area contributed by atoms with Gasteiger partial charge in [-0.25, -0.2) is 0 Å². The van der Waals surface area contributed by atoms with Crippen LogP contribution in [0.5, 0.6) is 0 Å². The fourth-order valence-corrected chi connectivity index (χ4v) is 2.82. The van der Waals surface area contributed by atoms with Crippen molar-refractivity contribution in [3.8, 4) is 0 Å². The normalized spacial score (nSPS) is 21.5. The zero-order valence-electron chi connectivity index (χ0n) is 6.19. The first kappa shape index (κ1) is 8.86. The molecule has 1 fully saturated rings. The molecule has 1 saturated heterocycles. The summed E-state index contributed by atoms with van der Waals surface area (Å²) in [6.07, 6.45) is 0. The fraction of sp³-hybridized carbons (Fsp3) is 0.800. The van der Waals surface area contributed by atoms with Gasteiger partial charge in [0.1, 0.15) is 0 Å². The molecule has 0 saturated carbocycles. The van der Waals surface area contributed by atoms with Crippen molar-refractivity contribution in [2.75, 3.05) is 24.6 Å². The third kappa shape index (κ3) is 2.70. The van der Waals surface area contributed by atoms with Gasteiger partial charge in [0.25, 0.3) is 0 Å². The second-order valence-electron chi connectivity index (χ2n) is 2.12. The van der Waals surface area contributed by atoms with Crippen molar-refractivity contribution in [2.45, 2.75) is 0 Å². The molecular weight excluding hydrogens is 180 g/mol. The lowest BCUT2D eigenvalue weighted by molar-refractivity contribution is 0.468. The zero-order valence-corrected chi connectivity index (χ0v) is 7.83. The summed E-state index contributed by atoms with van der Waals surface area (Å²) in [5.41, 5.74) is 5.55. The molecule has 11 heavy (non-hydrogen) atoms. The quantitative estimate of drug-likeness (QED) is 0.184. The van der Waals surface area contributed by atoms with Gasteiger partial charge in [0.2, 0.25) is 5.96 Å². The smallest absolute Gasteiger partial charge is 0.213 e. The maximum absolute atomic E-state index is 5.55. The highest BCUT2D eigenvalue weighted by molar-refractivity contribution is 8.76. The summed E-state index contributed by atoms with van der Waals surface area (Å²) in [5, 5.41) is 3.46. The van der Waals surface area contributed by atoms with Crippen LogP contribution in [0.1, 0.15) is 0 Å². The number of hydrogen-bond acceptors (Lipinski definition) is 4. The number of hydrogen-bond donors (Lipinski definition) is 2. The van der Waals surface area contributed by atoms with Crippen LogP contribution in [-0.2, 0) is 0 Å². The Balaban J connectivity index is 2.42. The molecule has 4 N–H and O–H groups in total. The van der Waals surface area contributed by atoms with Gasteiger partial charge in [-0.05, 0) is 0 Å². The van der Waals surface area contributed by atoms with Gasteiger partial charge in [-0.3, -0.25) is 0 Å². The van der Waals surface area contributed by atoms with E-state index in [4.69, 9.17) is 11.6 Å². The molecule has 0 unspecified atom stereocenters. The van der Waals surface area contributed by atoms with E-state index >= 15 is 0 Å². The van der Waals surface area contributed by atoms with Crippen molar-refractivity contribution in [3.63, 3.8) is 0 Å². The van der Waals surface area contributed by atoms with Crippen LogP contribution in [-0.4, -0.2) is 35.5 Å². The van der Waals surface area contributed by atoms with Gasteiger partial charge in [-0.2, -0.15) is 0 Å². The van der Waals surface area contributed by atoms with Crippen LogP contribution in [0.3, 0.4) is 0 Å². The van der Waals surface area contributed by atoms with Crippen molar-refractivity contribution < 1.29 is 0 Å². The van der Waals surface area contributed by atoms with Crippen LogP contribution >= 0.6 is 21.6 Å². The molecule has 1 aliphatic heterocycles. The predicted octanol–water partition coefficient (Wildman–Crippen LogP) is -0.128. The monoisotopic (exact) mass is 192 g/mol. The zero-order chi connectivity index (χ0) is 8.10. The molecule has 0 radical (unpaired) electrons. The first-order valence-electron chi connectivity index (χ1n) is 3.37. The predicted molar refractivity (Wildman–Crippen MR) is 52.3 cm³/mol. The average molecular weight is 192 g/mol. The van der Waals surface area contributed by atoms with Crippen LogP contribution in [0.25, 0.3) is 0 Å². The molecule has 0 aromatic heterocycles.